The lowest BCUT2D eigenvalue weighted by Gasteiger charge is -2.21. The van der Waals surface area contributed by atoms with Crippen molar-refractivity contribution in [2.24, 2.45) is 25.7 Å². The molecule has 0 spiro atoms. The van der Waals surface area contributed by atoms with Gasteiger partial charge in [0.15, 0.2) is 11.2 Å². The summed E-state index contributed by atoms with van der Waals surface area (Å²) in [6.45, 7) is 3.51. The fraction of sp³-hybridized carbons (Fsp3) is 0.462. The molecule has 2 aromatic heterocycles. The number of fused-ring (bicyclic) bond motifs is 1. The van der Waals surface area contributed by atoms with Crippen LogP contribution in [0.5, 0.6) is 0 Å². The van der Waals surface area contributed by atoms with E-state index in [1.54, 1.807) is 13.8 Å². The van der Waals surface area contributed by atoms with E-state index in [0.29, 0.717) is 0 Å². The minimum absolute atomic E-state index is 0.105. The second kappa shape index (κ2) is 5.71. The normalized spacial score (nSPS) is 12.6. The fourth-order valence-electron chi connectivity index (χ4n) is 2.52. The molecule has 1 atom stereocenters. The highest BCUT2D eigenvalue weighted by Gasteiger charge is 2.28. The Bertz CT molecular complexity index is 904. The summed E-state index contributed by atoms with van der Waals surface area (Å²) in [5.74, 6) is -0.906. The first-order valence-corrected chi connectivity index (χ1v) is 6.89. The number of carbonyl (C=O) groups excluding carboxylic acids is 2. The topological polar surface area (TPSA) is 134 Å². The van der Waals surface area contributed by atoms with Gasteiger partial charge < -0.3 is 10.3 Å². The number of nitrogens with one attached hydrogen (secondary N) is 1. The van der Waals surface area contributed by atoms with Gasteiger partial charge in [0, 0.05) is 14.1 Å². The van der Waals surface area contributed by atoms with Gasteiger partial charge in [-0.25, -0.2) is 14.6 Å². The van der Waals surface area contributed by atoms with E-state index in [2.05, 4.69) is 4.98 Å². The second-order valence-electron chi connectivity index (χ2n) is 5.57. The number of carbonyl (C=O) groups is 2. The SMILES string of the molecule is CC(C)C(C(=O)NC(N)=O)n1cnc2c1c(=O)n(C)c(=O)n2C. The molecule has 0 aromatic carbocycles. The molecule has 2 aromatic rings. The van der Waals surface area contributed by atoms with Crippen LogP contribution in [0.15, 0.2) is 15.9 Å². The lowest BCUT2D eigenvalue weighted by molar-refractivity contribution is -0.124. The van der Waals surface area contributed by atoms with E-state index in [1.807, 2.05) is 5.32 Å². The van der Waals surface area contributed by atoms with Crippen molar-refractivity contribution in [3.05, 3.63) is 27.2 Å². The van der Waals surface area contributed by atoms with Crippen molar-refractivity contribution in [3.63, 3.8) is 0 Å². The molecular weight excluding hydrogens is 304 g/mol. The molecule has 2 rings (SSSR count). The number of hydrogen-bond donors (Lipinski definition) is 2. The highest BCUT2D eigenvalue weighted by Crippen LogP contribution is 2.21. The molecule has 0 aliphatic carbocycles. The number of rotatable bonds is 3. The summed E-state index contributed by atoms with van der Waals surface area (Å²) in [5.41, 5.74) is 4.17. The summed E-state index contributed by atoms with van der Waals surface area (Å²) in [4.78, 5) is 51.6. The summed E-state index contributed by atoms with van der Waals surface area (Å²) in [5, 5.41) is 2.01. The highest BCUT2D eigenvalue weighted by molar-refractivity contribution is 5.96. The Hall–Kier alpha value is -2.91. The highest BCUT2D eigenvalue weighted by atomic mass is 16.2. The Morgan fingerprint density at radius 2 is 1.83 bits per heavy atom. The minimum atomic E-state index is -0.981. The van der Waals surface area contributed by atoms with E-state index in [0.717, 1.165) is 4.57 Å². The molecule has 3 N–H and O–H groups in total. The molecule has 1 unspecified atom stereocenters. The maximum Gasteiger partial charge on any atom is 0.332 e. The summed E-state index contributed by atoms with van der Waals surface area (Å²) >= 11 is 0. The Morgan fingerprint density at radius 1 is 1.22 bits per heavy atom. The van der Waals surface area contributed by atoms with Gasteiger partial charge in [0.1, 0.15) is 6.04 Å². The predicted molar refractivity (Wildman–Crippen MR) is 81.8 cm³/mol. The average molecular weight is 322 g/mol. The van der Waals surface area contributed by atoms with Crippen LogP contribution in [0.1, 0.15) is 19.9 Å². The molecule has 10 heteroatoms. The van der Waals surface area contributed by atoms with E-state index < -0.39 is 29.2 Å². The zero-order chi connectivity index (χ0) is 17.5. The van der Waals surface area contributed by atoms with Gasteiger partial charge in [-0.15, -0.1) is 0 Å². The molecule has 0 aliphatic heterocycles. The standard InChI is InChI=1S/C13H18N6O4/c1-6(2)7(10(20)16-12(14)22)19-5-15-9-8(19)11(21)18(4)13(23)17(9)3/h5-7H,1-4H3,(H3,14,16,20,22). The Labute approximate surface area is 130 Å². The Balaban J connectivity index is 2.76. The first kappa shape index (κ1) is 16.5. The van der Waals surface area contributed by atoms with Gasteiger partial charge >= 0.3 is 11.7 Å². The van der Waals surface area contributed by atoms with E-state index in [-0.39, 0.29) is 17.1 Å². The van der Waals surface area contributed by atoms with Crippen molar-refractivity contribution in [1.82, 2.24) is 24.0 Å². The lowest BCUT2D eigenvalue weighted by atomic mass is 10.0. The average Bonchev–Trinajstić information content (AvgIpc) is 2.86. The van der Waals surface area contributed by atoms with Gasteiger partial charge in [0.2, 0.25) is 0 Å². The summed E-state index contributed by atoms with van der Waals surface area (Å²) in [6, 6.07) is -1.86. The zero-order valence-corrected chi connectivity index (χ0v) is 13.2. The molecule has 124 valence electrons. The number of urea groups is 1. The smallest absolute Gasteiger partial charge is 0.332 e. The maximum absolute atomic E-state index is 12.4. The van der Waals surface area contributed by atoms with Crippen molar-refractivity contribution >= 4 is 23.1 Å². The quantitative estimate of drug-likeness (QED) is 0.734. The Kier molecular flexibility index (Phi) is 4.08. The number of hydrogen-bond acceptors (Lipinski definition) is 5. The first-order chi connectivity index (χ1) is 10.7. The third-order valence-electron chi connectivity index (χ3n) is 3.62. The Morgan fingerprint density at radius 3 is 2.35 bits per heavy atom. The van der Waals surface area contributed by atoms with Crippen LogP contribution in [0, 0.1) is 5.92 Å². The van der Waals surface area contributed by atoms with E-state index in [4.69, 9.17) is 5.73 Å². The monoisotopic (exact) mass is 322 g/mol. The number of amides is 3. The summed E-state index contributed by atoms with van der Waals surface area (Å²) in [7, 11) is 2.82. The molecule has 10 nitrogen and oxygen atoms in total. The van der Waals surface area contributed by atoms with Crippen molar-refractivity contribution in [1.29, 1.82) is 0 Å². The van der Waals surface area contributed by atoms with E-state index in [9.17, 15) is 19.2 Å². The number of aryl methyl sites for hydroxylation is 1. The number of imidazole rings is 1. The third kappa shape index (κ3) is 2.62. The molecule has 3 amide bonds. The zero-order valence-electron chi connectivity index (χ0n) is 13.2. The maximum atomic E-state index is 12.4. The van der Waals surface area contributed by atoms with Crippen LogP contribution in [0.4, 0.5) is 4.79 Å². The predicted octanol–water partition coefficient (Wildman–Crippen LogP) is -1.17. The molecule has 0 bridgehead atoms. The number of aromatic nitrogens is 4. The largest absolute Gasteiger partial charge is 0.351 e. The van der Waals surface area contributed by atoms with Gasteiger partial charge in [-0.05, 0) is 5.92 Å². The number of nitrogens with two attached hydrogens (primary N) is 1. The second-order valence-corrected chi connectivity index (χ2v) is 5.57. The molecule has 0 saturated heterocycles. The van der Waals surface area contributed by atoms with Gasteiger partial charge in [-0.3, -0.25) is 24.0 Å². The number of nitrogens with zero attached hydrogens (tertiary/aromatic N) is 4. The van der Waals surface area contributed by atoms with Crippen molar-refractivity contribution < 1.29 is 9.59 Å². The summed E-state index contributed by atoms with van der Waals surface area (Å²) in [6.07, 6.45) is 1.30. The third-order valence-corrected chi connectivity index (χ3v) is 3.62. The van der Waals surface area contributed by atoms with Crippen LogP contribution in [0.25, 0.3) is 11.2 Å². The van der Waals surface area contributed by atoms with Crippen molar-refractivity contribution in [3.8, 4) is 0 Å². The van der Waals surface area contributed by atoms with Crippen LogP contribution in [0.2, 0.25) is 0 Å². The van der Waals surface area contributed by atoms with Gasteiger partial charge in [0.25, 0.3) is 11.5 Å². The van der Waals surface area contributed by atoms with Crippen LogP contribution >= 0.6 is 0 Å². The molecule has 0 fully saturated rings. The fourth-order valence-corrected chi connectivity index (χ4v) is 2.52. The lowest BCUT2D eigenvalue weighted by Crippen LogP contribution is -2.43. The van der Waals surface area contributed by atoms with Gasteiger partial charge in [-0.1, -0.05) is 13.8 Å². The molecule has 0 radical (unpaired) electrons. The number of primary amides is 1. The molecule has 23 heavy (non-hydrogen) atoms. The molecule has 0 aliphatic rings. The molecule has 0 saturated carbocycles. The number of imide groups is 1. The van der Waals surface area contributed by atoms with Crippen molar-refractivity contribution in [2.45, 2.75) is 19.9 Å². The minimum Gasteiger partial charge on any atom is -0.351 e. The molecular formula is C13H18N6O4. The van der Waals surface area contributed by atoms with Gasteiger partial charge in [0.05, 0.1) is 6.33 Å². The van der Waals surface area contributed by atoms with Crippen LogP contribution < -0.4 is 22.3 Å². The van der Waals surface area contributed by atoms with Gasteiger partial charge in [-0.2, -0.15) is 0 Å². The van der Waals surface area contributed by atoms with E-state index in [1.165, 1.54) is 29.6 Å². The first-order valence-electron chi connectivity index (χ1n) is 6.89. The molecule has 2 heterocycles. The van der Waals surface area contributed by atoms with Crippen molar-refractivity contribution in [2.75, 3.05) is 0 Å². The van der Waals surface area contributed by atoms with Crippen LogP contribution in [-0.4, -0.2) is 30.6 Å². The van der Waals surface area contributed by atoms with Crippen LogP contribution in [-0.2, 0) is 18.9 Å². The van der Waals surface area contributed by atoms with E-state index >= 15 is 0 Å². The van der Waals surface area contributed by atoms with Crippen LogP contribution in [0.3, 0.4) is 0 Å². The summed E-state index contributed by atoms with van der Waals surface area (Å²) < 4.78 is 3.51.